The summed E-state index contributed by atoms with van der Waals surface area (Å²) in [6, 6.07) is 10.0. The van der Waals surface area contributed by atoms with Crippen LogP contribution in [-0.4, -0.2) is 40.9 Å². The van der Waals surface area contributed by atoms with E-state index in [1.165, 1.54) is 0 Å². The van der Waals surface area contributed by atoms with Gasteiger partial charge in [-0.15, -0.1) is 5.10 Å². The van der Waals surface area contributed by atoms with E-state index >= 15 is 0 Å². The van der Waals surface area contributed by atoms with Gasteiger partial charge in [-0.05, 0) is 25.0 Å². The van der Waals surface area contributed by atoms with Crippen LogP contribution in [0.25, 0.3) is 0 Å². The number of rotatable bonds is 5. The van der Waals surface area contributed by atoms with Crippen molar-refractivity contribution in [1.29, 1.82) is 0 Å². The Morgan fingerprint density at radius 3 is 3.00 bits per heavy atom. The number of nitrogens with zero attached hydrogens (tertiary/aromatic N) is 3. The van der Waals surface area contributed by atoms with E-state index in [-0.39, 0.29) is 6.04 Å². The van der Waals surface area contributed by atoms with Gasteiger partial charge in [-0.1, -0.05) is 18.2 Å². The highest BCUT2D eigenvalue weighted by Gasteiger charge is 2.19. The quantitative estimate of drug-likeness (QED) is 0.868. The van der Waals surface area contributed by atoms with Crippen LogP contribution in [0.5, 0.6) is 5.75 Å². The molecule has 1 atom stereocenters. The van der Waals surface area contributed by atoms with Crippen LogP contribution in [0.3, 0.4) is 0 Å². The molecule has 2 heterocycles. The molecule has 3 rings (SSSR count). The monoisotopic (exact) mass is 287 g/mol. The Hall–Kier alpha value is -2.08. The summed E-state index contributed by atoms with van der Waals surface area (Å²) in [6.45, 7) is 2.39. The molecule has 1 fully saturated rings. The van der Waals surface area contributed by atoms with Crippen LogP contribution < -0.4 is 15.4 Å². The molecule has 1 saturated heterocycles. The molecular formula is C15H21N5O. The molecule has 3 N–H and O–H groups in total. The summed E-state index contributed by atoms with van der Waals surface area (Å²) in [6.07, 6.45) is 2.89. The van der Waals surface area contributed by atoms with Gasteiger partial charge in [-0.25, -0.2) is 0 Å². The summed E-state index contributed by atoms with van der Waals surface area (Å²) in [4.78, 5) is 6.67. The predicted molar refractivity (Wildman–Crippen MR) is 81.4 cm³/mol. The number of H-pyrrole nitrogens is 1. The largest absolute Gasteiger partial charge is 0.493 e. The molecule has 6 nitrogen and oxygen atoms in total. The molecule has 1 unspecified atom stereocenters. The van der Waals surface area contributed by atoms with Gasteiger partial charge in [0.2, 0.25) is 5.95 Å². The number of nitrogens with two attached hydrogens (primary N) is 1. The number of anilines is 1. The van der Waals surface area contributed by atoms with Gasteiger partial charge in [0.05, 0.1) is 6.61 Å². The number of aromatic amines is 1. The van der Waals surface area contributed by atoms with E-state index in [0.717, 1.165) is 43.5 Å². The second-order valence-corrected chi connectivity index (χ2v) is 5.34. The summed E-state index contributed by atoms with van der Waals surface area (Å²) >= 11 is 0. The van der Waals surface area contributed by atoms with E-state index in [2.05, 4.69) is 20.1 Å². The molecule has 0 bridgehead atoms. The van der Waals surface area contributed by atoms with Gasteiger partial charge in [0.25, 0.3) is 0 Å². The Balaban J connectivity index is 1.51. The Labute approximate surface area is 124 Å². The molecule has 0 aliphatic carbocycles. The lowest BCUT2D eigenvalue weighted by Crippen LogP contribution is -2.43. The molecule has 1 aliphatic heterocycles. The molecule has 6 heteroatoms. The molecule has 0 saturated carbocycles. The van der Waals surface area contributed by atoms with Crippen LogP contribution in [0.15, 0.2) is 30.3 Å². The first-order chi connectivity index (χ1) is 10.3. The number of hydrogen-bond donors (Lipinski definition) is 2. The predicted octanol–water partition coefficient (Wildman–Crippen LogP) is 1.35. The maximum absolute atomic E-state index is 5.99. The minimum absolute atomic E-state index is 0.224. The first kappa shape index (κ1) is 13.9. The van der Waals surface area contributed by atoms with Crippen molar-refractivity contribution < 1.29 is 4.74 Å². The number of benzene rings is 1. The van der Waals surface area contributed by atoms with Gasteiger partial charge < -0.3 is 15.4 Å². The van der Waals surface area contributed by atoms with Gasteiger partial charge >= 0.3 is 0 Å². The van der Waals surface area contributed by atoms with E-state index in [1.807, 2.05) is 30.3 Å². The molecule has 0 spiro atoms. The molecule has 0 radical (unpaired) electrons. The molecule has 0 amide bonds. The summed E-state index contributed by atoms with van der Waals surface area (Å²) < 4.78 is 5.66. The first-order valence-corrected chi connectivity index (χ1v) is 7.41. The smallest absolute Gasteiger partial charge is 0.244 e. The zero-order valence-electron chi connectivity index (χ0n) is 12.0. The van der Waals surface area contributed by atoms with Gasteiger partial charge in [-0.3, -0.25) is 5.10 Å². The van der Waals surface area contributed by atoms with E-state index in [4.69, 9.17) is 10.5 Å². The molecule has 21 heavy (non-hydrogen) atoms. The lowest BCUT2D eigenvalue weighted by molar-refractivity contribution is 0.319. The molecule has 112 valence electrons. The van der Waals surface area contributed by atoms with Gasteiger partial charge in [0.15, 0.2) is 0 Å². The van der Waals surface area contributed by atoms with Crippen molar-refractivity contribution in [1.82, 2.24) is 15.2 Å². The first-order valence-electron chi connectivity index (χ1n) is 7.41. The minimum atomic E-state index is 0.224. The van der Waals surface area contributed by atoms with E-state index in [9.17, 15) is 0 Å². The highest BCUT2D eigenvalue weighted by Crippen LogP contribution is 2.15. The Bertz CT molecular complexity index is 556. The third-order valence-corrected chi connectivity index (χ3v) is 3.61. The normalized spacial score (nSPS) is 18.7. The molecular weight excluding hydrogens is 266 g/mol. The average molecular weight is 287 g/mol. The number of aromatic nitrogens is 3. The molecule has 1 aromatic carbocycles. The van der Waals surface area contributed by atoms with E-state index in [0.29, 0.717) is 13.0 Å². The standard InChI is InChI=1S/C15H21N5O/c16-12-5-4-9-20(11-12)15-17-14(18-19-15)8-10-21-13-6-2-1-3-7-13/h1-3,6-7,12H,4-5,8-11,16H2,(H,17,18,19). The Kier molecular flexibility index (Phi) is 4.35. The Morgan fingerprint density at radius 2 is 2.19 bits per heavy atom. The van der Waals surface area contributed by atoms with Crippen molar-refractivity contribution in [2.24, 2.45) is 5.73 Å². The summed E-state index contributed by atoms with van der Waals surface area (Å²) in [5.74, 6) is 2.47. The summed E-state index contributed by atoms with van der Waals surface area (Å²) in [5, 5.41) is 7.26. The fourth-order valence-electron chi connectivity index (χ4n) is 2.51. The van der Waals surface area contributed by atoms with Crippen LogP contribution in [0.1, 0.15) is 18.7 Å². The Morgan fingerprint density at radius 1 is 1.33 bits per heavy atom. The van der Waals surface area contributed by atoms with Gasteiger partial charge in [-0.2, -0.15) is 4.98 Å². The van der Waals surface area contributed by atoms with Crippen LogP contribution in [0, 0.1) is 0 Å². The lowest BCUT2D eigenvalue weighted by Gasteiger charge is -2.29. The summed E-state index contributed by atoms with van der Waals surface area (Å²) in [7, 11) is 0. The van der Waals surface area contributed by atoms with Crippen molar-refractivity contribution in [2.75, 3.05) is 24.6 Å². The van der Waals surface area contributed by atoms with Crippen LogP contribution in [0.4, 0.5) is 5.95 Å². The van der Waals surface area contributed by atoms with Crippen molar-refractivity contribution in [3.63, 3.8) is 0 Å². The molecule has 2 aromatic rings. The van der Waals surface area contributed by atoms with Crippen molar-refractivity contribution in [2.45, 2.75) is 25.3 Å². The maximum Gasteiger partial charge on any atom is 0.244 e. The van der Waals surface area contributed by atoms with Crippen molar-refractivity contribution >= 4 is 5.95 Å². The second kappa shape index (κ2) is 6.58. The minimum Gasteiger partial charge on any atom is -0.493 e. The zero-order valence-corrected chi connectivity index (χ0v) is 12.0. The van der Waals surface area contributed by atoms with Crippen molar-refractivity contribution in [3.8, 4) is 5.75 Å². The van der Waals surface area contributed by atoms with Crippen LogP contribution >= 0.6 is 0 Å². The fourth-order valence-corrected chi connectivity index (χ4v) is 2.51. The zero-order chi connectivity index (χ0) is 14.5. The average Bonchev–Trinajstić information content (AvgIpc) is 2.97. The van der Waals surface area contributed by atoms with Gasteiger partial charge in [0.1, 0.15) is 11.6 Å². The van der Waals surface area contributed by atoms with E-state index < -0.39 is 0 Å². The third-order valence-electron chi connectivity index (χ3n) is 3.61. The van der Waals surface area contributed by atoms with Crippen LogP contribution in [-0.2, 0) is 6.42 Å². The highest BCUT2D eigenvalue weighted by atomic mass is 16.5. The maximum atomic E-state index is 5.99. The third kappa shape index (κ3) is 3.72. The second-order valence-electron chi connectivity index (χ2n) is 5.34. The van der Waals surface area contributed by atoms with Crippen LogP contribution in [0.2, 0.25) is 0 Å². The fraction of sp³-hybridized carbons (Fsp3) is 0.467. The lowest BCUT2D eigenvalue weighted by atomic mass is 10.1. The van der Waals surface area contributed by atoms with Crippen molar-refractivity contribution in [3.05, 3.63) is 36.2 Å². The number of nitrogens with one attached hydrogen (secondary N) is 1. The number of hydrogen-bond acceptors (Lipinski definition) is 5. The summed E-state index contributed by atoms with van der Waals surface area (Å²) in [5.41, 5.74) is 5.99. The SMILES string of the molecule is NC1CCCN(c2n[nH]c(CCOc3ccccc3)n2)C1. The molecule has 1 aromatic heterocycles. The number of ether oxygens (including phenoxy) is 1. The van der Waals surface area contributed by atoms with Gasteiger partial charge in [0, 0.05) is 25.6 Å². The number of para-hydroxylation sites is 1. The topological polar surface area (TPSA) is 80.1 Å². The van der Waals surface area contributed by atoms with E-state index in [1.54, 1.807) is 0 Å². The number of piperidine rings is 1. The molecule has 1 aliphatic rings. The highest BCUT2D eigenvalue weighted by molar-refractivity contribution is 5.30.